The van der Waals surface area contributed by atoms with Gasteiger partial charge in [0, 0.05) is 12.0 Å². The third kappa shape index (κ3) is 1.78. The molecule has 0 heterocycles. The first-order valence-electron chi connectivity index (χ1n) is 7.90. The number of fused-ring (bicyclic) bond motifs is 3. The van der Waals surface area contributed by atoms with Gasteiger partial charge in [-0.2, -0.15) is 0 Å². The van der Waals surface area contributed by atoms with Gasteiger partial charge in [0.2, 0.25) is 0 Å². The van der Waals surface area contributed by atoms with E-state index < -0.39 is 0 Å². The van der Waals surface area contributed by atoms with Crippen LogP contribution in [0, 0.1) is 11.3 Å². The van der Waals surface area contributed by atoms with E-state index in [0.29, 0.717) is 23.0 Å². The van der Waals surface area contributed by atoms with E-state index in [9.17, 15) is 4.79 Å². The highest BCUT2D eigenvalue weighted by Crippen LogP contribution is 2.59. The lowest BCUT2D eigenvalue weighted by molar-refractivity contribution is 0.0939. The van der Waals surface area contributed by atoms with E-state index in [0.717, 1.165) is 12.0 Å². The topological polar surface area (TPSA) is 17.1 Å². The molecule has 0 unspecified atom stereocenters. The molecule has 100 valence electrons. The van der Waals surface area contributed by atoms with Gasteiger partial charge in [-0.1, -0.05) is 43.5 Å². The maximum Gasteiger partial charge on any atom is 0.163 e. The van der Waals surface area contributed by atoms with Crippen molar-refractivity contribution in [3.8, 4) is 0 Å². The second-order valence-electron chi connectivity index (χ2n) is 7.05. The fourth-order valence-electron chi connectivity index (χ4n) is 5.13. The zero-order valence-electron chi connectivity index (χ0n) is 11.5. The van der Waals surface area contributed by atoms with Crippen LogP contribution in [-0.2, 0) is 0 Å². The Morgan fingerprint density at radius 3 is 2.63 bits per heavy atom. The largest absolute Gasteiger partial charge is 0.294 e. The van der Waals surface area contributed by atoms with Gasteiger partial charge in [0.25, 0.3) is 0 Å². The third-order valence-corrected chi connectivity index (χ3v) is 5.94. The van der Waals surface area contributed by atoms with Crippen molar-refractivity contribution in [3.63, 3.8) is 0 Å². The standard InChI is InChI=1S/C18H22O/c19-17-10-13-11-18(8-4-1-5-9-18)12-16(13)14-6-2-3-7-15(14)17/h2-3,6-7,13,16H,1,4-5,8-12H2/t13-,16-/m1/s1. The van der Waals surface area contributed by atoms with Crippen molar-refractivity contribution in [1.82, 2.24) is 0 Å². The van der Waals surface area contributed by atoms with Crippen LogP contribution in [0.3, 0.4) is 0 Å². The van der Waals surface area contributed by atoms with Gasteiger partial charge in [-0.15, -0.1) is 0 Å². The molecule has 0 amide bonds. The Labute approximate surface area is 115 Å². The van der Waals surface area contributed by atoms with Crippen molar-refractivity contribution in [2.75, 3.05) is 0 Å². The molecule has 0 bridgehead atoms. The van der Waals surface area contributed by atoms with Crippen molar-refractivity contribution in [2.24, 2.45) is 11.3 Å². The number of carbonyl (C=O) groups is 1. The van der Waals surface area contributed by atoms with Crippen LogP contribution in [-0.4, -0.2) is 5.78 Å². The predicted octanol–water partition coefficient (Wildman–Crippen LogP) is 4.72. The van der Waals surface area contributed by atoms with E-state index in [1.165, 1.54) is 50.5 Å². The normalized spacial score (nSPS) is 32.1. The van der Waals surface area contributed by atoms with Crippen LogP contribution in [0.15, 0.2) is 24.3 Å². The molecule has 1 heteroatoms. The summed E-state index contributed by atoms with van der Waals surface area (Å²) >= 11 is 0. The molecule has 4 rings (SSSR count). The molecule has 19 heavy (non-hydrogen) atoms. The smallest absolute Gasteiger partial charge is 0.163 e. The second kappa shape index (κ2) is 4.19. The predicted molar refractivity (Wildman–Crippen MR) is 76.4 cm³/mol. The number of hydrogen-bond donors (Lipinski definition) is 0. The Bertz CT molecular complexity index is 510. The van der Waals surface area contributed by atoms with Crippen molar-refractivity contribution in [2.45, 2.75) is 57.3 Å². The molecule has 0 saturated heterocycles. The fraction of sp³-hybridized carbons (Fsp3) is 0.611. The van der Waals surface area contributed by atoms with E-state index in [2.05, 4.69) is 12.1 Å². The summed E-state index contributed by atoms with van der Waals surface area (Å²) in [4.78, 5) is 12.3. The van der Waals surface area contributed by atoms with Gasteiger partial charge in [-0.3, -0.25) is 4.79 Å². The van der Waals surface area contributed by atoms with Gasteiger partial charge in [0.05, 0.1) is 0 Å². The van der Waals surface area contributed by atoms with Crippen LogP contribution in [0.4, 0.5) is 0 Å². The third-order valence-electron chi connectivity index (χ3n) is 5.94. The van der Waals surface area contributed by atoms with E-state index in [-0.39, 0.29) is 0 Å². The number of ketones is 1. The van der Waals surface area contributed by atoms with Gasteiger partial charge in [0.1, 0.15) is 0 Å². The first-order chi connectivity index (χ1) is 9.27. The highest BCUT2D eigenvalue weighted by molar-refractivity contribution is 5.99. The van der Waals surface area contributed by atoms with E-state index >= 15 is 0 Å². The Hall–Kier alpha value is -1.11. The number of Topliss-reactive ketones (excluding diaryl/α,β-unsaturated/α-hetero) is 1. The minimum atomic E-state index is 0.393. The molecule has 1 nitrogen and oxygen atoms in total. The van der Waals surface area contributed by atoms with Crippen molar-refractivity contribution >= 4 is 5.78 Å². The minimum absolute atomic E-state index is 0.393. The quantitative estimate of drug-likeness (QED) is 0.655. The van der Waals surface area contributed by atoms with Crippen LogP contribution < -0.4 is 0 Å². The molecule has 2 fully saturated rings. The highest BCUT2D eigenvalue weighted by atomic mass is 16.1. The highest BCUT2D eigenvalue weighted by Gasteiger charge is 2.48. The lowest BCUT2D eigenvalue weighted by Crippen LogP contribution is -2.21. The average molecular weight is 254 g/mol. The molecule has 2 saturated carbocycles. The summed E-state index contributed by atoms with van der Waals surface area (Å²) in [5, 5.41) is 0. The first kappa shape index (κ1) is 11.7. The molecule has 0 N–H and O–H groups in total. The van der Waals surface area contributed by atoms with Gasteiger partial charge < -0.3 is 0 Å². The van der Waals surface area contributed by atoms with Gasteiger partial charge in [0.15, 0.2) is 5.78 Å². The minimum Gasteiger partial charge on any atom is -0.294 e. The summed E-state index contributed by atoms with van der Waals surface area (Å²) in [6, 6.07) is 8.38. The van der Waals surface area contributed by atoms with E-state index in [1.54, 1.807) is 0 Å². The van der Waals surface area contributed by atoms with Crippen LogP contribution in [0.25, 0.3) is 0 Å². The van der Waals surface area contributed by atoms with Crippen LogP contribution in [0.1, 0.15) is 73.2 Å². The lowest BCUT2D eigenvalue weighted by Gasteiger charge is -2.33. The molecular formula is C18H22O. The maximum absolute atomic E-state index is 12.3. The van der Waals surface area contributed by atoms with Crippen molar-refractivity contribution in [1.29, 1.82) is 0 Å². The lowest BCUT2D eigenvalue weighted by atomic mass is 9.72. The summed E-state index contributed by atoms with van der Waals surface area (Å²) in [5.41, 5.74) is 2.98. The van der Waals surface area contributed by atoms with Gasteiger partial charge >= 0.3 is 0 Å². The summed E-state index contributed by atoms with van der Waals surface area (Å²) in [6.45, 7) is 0. The summed E-state index contributed by atoms with van der Waals surface area (Å²) in [6.07, 6.45) is 10.5. The number of carbonyl (C=O) groups excluding carboxylic acids is 1. The zero-order valence-corrected chi connectivity index (χ0v) is 11.5. The Kier molecular flexibility index (Phi) is 2.58. The number of benzene rings is 1. The average Bonchev–Trinajstić information content (AvgIpc) is 2.78. The molecule has 0 aliphatic heterocycles. The number of hydrogen-bond acceptors (Lipinski definition) is 1. The SMILES string of the molecule is O=C1C[C@@H]2CC3(CCCCC3)C[C@H]2c2ccccc21. The molecule has 1 aromatic rings. The van der Waals surface area contributed by atoms with Crippen LogP contribution in [0.2, 0.25) is 0 Å². The van der Waals surface area contributed by atoms with E-state index in [1.807, 2.05) is 12.1 Å². The molecule has 1 aromatic carbocycles. The first-order valence-corrected chi connectivity index (χ1v) is 7.90. The Morgan fingerprint density at radius 1 is 1.00 bits per heavy atom. The zero-order chi connectivity index (χ0) is 12.9. The Morgan fingerprint density at radius 2 is 1.79 bits per heavy atom. The summed E-state index contributed by atoms with van der Waals surface area (Å²) < 4.78 is 0. The maximum atomic E-state index is 12.3. The monoisotopic (exact) mass is 254 g/mol. The molecule has 3 aliphatic carbocycles. The molecule has 3 aliphatic rings. The van der Waals surface area contributed by atoms with Crippen molar-refractivity contribution in [3.05, 3.63) is 35.4 Å². The molecule has 1 spiro atoms. The number of rotatable bonds is 0. The second-order valence-corrected chi connectivity index (χ2v) is 7.05. The van der Waals surface area contributed by atoms with E-state index in [4.69, 9.17) is 0 Å². The summed E-state index contributed by atoms with van der Waals surface area (Å²) in [7, 11) is 0. The van der Waals surface area contributed by atoms with Gasteiger partial charge in [-0.25, -0.2) is 0 Å². The van der Waals surface area contributed by atoms with Crippen LogP contribution >= 0.6 is 0 Å². The molecule has 2 atom stereocenters. The molecular weight excluding hydrogens is 232 g/mol. The van der Waals surface area contributed by atoms with Crippen molar-refractivity contribution < 1.29 is 4.79 Å². The fourth-order valence-corrected chi connectivity index (χ4v) is 5.13. The molecule has 0 aromatic heterocycles. The van der Waals surface area contributed by atoms with Crippen LogP contribution in [0.5, 0.6) is 0 Å². The van der Waals surface area contributed by atoms with Gasteiger partial charge in [-0.05, 0) is 48.5 Å². The molecule has 0 radical (unpaired) electrons. The summed E-state index contributed by atoms with van der Waals surface area (Å²) in [5.74, 6) is 1.71. The Balaban J connectivity index is 1.70.